The van der Waals surface area contributed by atoms with Crippen LogP contribution >= 0.6 is 11.6 Å². The lowest BCUT2D eigenvalue weighted by Gasteiger charge is -2.36. The molecule has 2 aliphatic rings. The molecule has 0 saturated carbocycles. The van der Waals surface area contributed by atoms with Gasteiger partial charge in [-0.05, 0) is 49.7 Å². The highest BCUT2D eigenvalue weighted by Gasteiger charge is 2.32. The van der Waals surface area contributed by atoms with Crippen LogP contribution in [0.15, 0.2) is 53.4 Å². The Hall–Kier alpha value is -2.13. The Kier molecular flexibility index (Phi) is 7.58. The Morgan fingerprint density at radius 2 is 1.67 bits per heavy atom. The number of nitrogens with one attached hydrogen (secondary N) is 1. The summed E-state index contributed by atoms with van der Waals surface area (Å²) in [4.78, 5) is 18.1. The van der Waals surface area contributed by atoms with Gasteiger partial charge in [0.2, 0.25) is 15.9 Å². The van der Waals surface area contributed by atoms with Crippen LogP contribution in [0.2, 0.25) is 5.02 Å². The van der Waals surface area contributed by atoms with E-state index in [0.29, 0.717) is 35.8 Å². The van der Waals surface area contributed by atoms with Crippen LogP contribution in [0.1, 0.15) is 19.8 Å². The SMILES string of the molecule is CCN1CCN(c2ccc(Cl)cc2NC(=O)C2CCN(S(=O)(=O)c3ccccc3)CC2)CC1. The number of sulfonamides is 1. The quantitative estimate of drug-likeness (QED) is 0.670. The fourth-order valence-corrected chi connectivity index (χ4v) is 6.19. The third-order valence-electron chi connectivity index (χ3n) is 6.58. The fourth-order valence-electron chi connectivity index (χ4n) is 4.52. The van der Waals surface area contributed by atoms with Gasteiger partial charge in [-0.3, -0.25) is 4.79 Å². The summed E-state index contributed by atoms with van der Waals surface area (Å²) in [6.07, 6.45) is 0.978. The number of hydrogen-bond acceptors (Lipinski definition) is 5. The zero-order chi connectivity index (χ0) is 23.4. The van der Waals surface area contributed by atoms with E-state index in [0.717, 1.165) is 44.1 Å². The zero-order valence-corrected chi connectivity index (χ0v) is 20.5. The van der Waals surface area contributed by atoms with Gasteiger partial charge in [-0.1, -0.05) is 36.7 Å². The molecule has 2 aromatic rings. The fraction of sp³-hybridized carbons (Fsp3) is 0.458. The molecule has 0 radical (unpaired) electrons. The Bertz CT molecular complexity index is 1060. The minimum atomic E-state index is -3.53. The Labute approximate surface area is 201 Å². The highest BCUT2D eigenvalue weighted by atomic mass is 35.5. The lowest BCUT2D eigenvalue weighted by atomic mass is 9.97. The summed E-state index contributed by atoms with van der Waals surface area (Å²) in [6.45, 7) is 7.63. The number of rotatable bonds is 6. The van der Waals surface area contributed by atoms with E-state index in [1.807, 2.05) is 12.1 Å². The van der Waals surface area contributed by atoms with Crippen molar-refractivity contribution in [3.63, 3.8) is 0 Å². The van der Waals surface area contributed by atoms with Gasteiger partial charge in [0.05, 0.1) is 16.3 Å². The van der Waals surface area contributed by atoms with Crippen molar-refractivity contribution in [3.8, 4) is 0 Å². The molecule has 2 aromatic carbocycles. The van der Waals surface area contributed by atoms with Crippen LogP contribution in [0.4, 0.5) is 11.4 Å². The van der Waals surface area contributed by atoms with Crippen molar-refractivity contribution >= 4 is 38.9 Å². The smallest absolute Gasteiger partial charge is 0.243 e. The average molecular weight is 491 g/mol. The Morgan fingerprint density at radius 3 is 2.30 bits per heavy atom. The predicted molar refractivity (Wildman–Crippen MR) is 132 cm³/mol. The van der Waals surface area contributed by atoms with Gasteiger partial charge in [-0.15, -0.1) is 0 Å². The number of likely N-dealkylation sites (N-methyl/N-ethyl adjacent to an activating group) is 1. The predicted octanol–water partition coefficient (Wildman–Crippen LogP) is 3.52. The van der Waals surface area contributed by atoms with Gasteiger partial charge in [0, 0.05) is 50.2 Å². The van der Waals surface area contributed by atoms with E-state index in [-0.39, 0.29) is 11.8 Å². The number of benzene rings is 2. The zero-order valence-electron chi connectivity index (χ0n) is 18.9. The third-order valence-corrected chi connectivity index (χ3v) is 8.73. The van der Waals surface area contributed by atoms with Crippen LogP contribution in [-0.2, 0) is 14.8 Å². The van der Waals surface area contributed by atoms with Gasteiger partial charge in [0.1, 0.15) is 0 Å². The highest BCUT2D eigenvalue weighted by molar-refractivity contribution is 7.89. The molecule has 2 heterocycles. The highest BCUT2D eigenvalue weighted by Crippen LogP contribution is 2.32. The molecule has 1 N–H and O–H groups in total. The van der Waals surface area contributed by atoms with Crippen molar-refractivity contribution in [1.82, 2.24) is 9.21 Å². The number of piperazine rings is 1. The first-order valence-electron chi connectivity index (χ1n) is 11.5. The molecule has 2 saturated heterocycles. The summed E-state index contributed by atoms with van der Waals surface area (Å²) < 4.78 is 27.2. The lowest BCUT2D eigenvalue weighted by Crippen LogP contribution is -2.46. The van der Waals surface area contributed by atoms with Crippen LogP contribution in [-0.4, -0.2) is 69.3 Å². The number of carbonyl (C=O) groups excluding carboxylic acids is 1. The number of halogens is 1. The summed E-state index contributed by atoms with van der Waals surface area (Å²) >= 11 is 6.25. The number of piperidine rings is 1. The second kappa shape index (κ2) is 10.4. The first-order valence-corrected chi connectivity index (χ1v) is 13.3. The summed E-state index contributed by atoms with van der Waals surface area (Å²) in [6, 6.07) is 14.1. The topological polar surface area (TPSA) is 73.0 Å². The molecule has 0 atom stereocenters. The molecule has 0 aliphatic carbocycles. The van der Waals surface area contributed by atoms with Gasteiger partial charge < -0.3 is 15.1 Å². The van der Waals surface area contributed by atoms with Crippen molar-refractivity contribution < 1.29 is 13.2 Å². The molecule has 0 aromatic heterocycles. The standard InChI is InChI=1S/C24H31ClN4O3S/c1-2-27-14-16-28(17-15-27)23-9-8-20(25)18-22(23)26-24(30)19-10-12-29(13-11-19)33(31,32)21-6-4-3-5-7-21/h3-9,18-19H,2,10-17H2,1H3,(H,26,30). The largest absolute Gasteiger partial charge is 0.367 e. The molecule has 0 spiro atoms. The van der Waals surface area contributed by atoms with Crippen molar-refractivity contribution in [2.75, 3.05) is 56.0 Å². The lowest BCUT2D eigenvalue weighted by molar-refractivity contribution is -0.120. The molecule has 2 aliphatic heterocycles. The Morgan fingerprint density at radius 1 is 1.00 bits per heavy atom. The second-order valence-electron chi connectivity index (χ2n) is 8.56. The third kappa shape index (κ3) is 5.51. The van der Waals surface area contributed by atoms with Gasteiger partial charge in [-0.25, -0.2) is 8.42 Å². The minimum absolute atomic E-state index is 0.0810. The first-order chi connectivity index (χ1) is 15.9. The van der Waals surface area contributed by atoms with E-state index in [4.69, 9.17) is 11.6 Å². The van der Waals surface area contributed by atoms with E-state index < -0.39 is 10.0 Å². The summed E-state index contributed by atoms with van der Waals surface area (Å²) in [5.74, 6) is -0.321. The van der Waals surface area contributed by atoms with Crippen LogP contribution in [0, 0.1) is 5.92 Å². The van der Waals surface area contributed by atoms with Gasteiger partial charge in [0.15, 0.2) is 0 Å². The van der Waals surface area contributed by atoms with E-state index in [2.05, 4.69) is 22.0 Å². The number of amides is 1. The molecule has 0 bridgehead atoms. The molecule has 9 heteroatoms. The summed E-state index contributed by atoms with van der Waals surface area (Å²) in [5.41, 5.74) is 1.70. The van der Waals surface area contributed by atoms with Gasteiger partial charge in [-0.2, -0.15) is 4.31 Å². The van der Waals surface area contributed by atoms with E-state index in [1.165, 1.54) is 4.31 Å². The van der Waals surface area contributed by atoms with Crippen molar-refractivity contribution in [3.05, 3.63) is 53.6 Å². The van der Waals surface area contributed by atoms with Crippen LogP contribution in [0.5, 0.6) is 0 Å². The maximum atomic E-state index is 13.1. The van der Waals surface area contributed by atoms with Crippen molar-refractivity contribution in [1.29, 1.82) is 0 Å². The van der Waals surface area contributed by atoms with E-state index in [9.17, 15) is 13.2 Å². The number of hydrogen-bond donors (Lipinski definition) is 1. The number of anilines is 2. The van der Waals surface area contributed by atoms with Crippen molar-refractivity contribution in [2.24, 2.45) is 5.92 Å². The molecule has 4 rings (SSSR count). The monoisotopic (exact) mass is 490 g/mol. The van der Waals surface area contributed by atoms with E-state index >= 15 is 0 Å². The molecule has 1 amide bonds. The maximum Gasteiger partial charge on any atom is 0.243 e. The molecule has 7 nitrogen and oxygen atoms in total. The molecule has 0 unspecified atom stereocenters. The van der Waals surface area contributed by atoms with Crippen molar-refractivity contribution in [2.45, 2.75) is 24.7 Å². The maximum absolute atomic E-state index is 13.1. The van der Waals surface area contributed by atoms with Crippen LogP contribution < -0.4 is 10.2 Å². The summed E-state index contributed by atoms with van der Waals surface area (Å²) in [7, 11) is -3.53. The van der Waals surface area contributed by atoms with Gasteiger partial charge in [0.25, 0.3) is 0 Å². The average Bonchev–Trinajstić information content (AvgIpc) is 2.85. The summed E-state index contributed by atoms with van der Waals surface area (Å²) in [5, 5.41) is 3.66. The number of carbonyl (C=O) groups is 1. The number of nitrogens with zero attached hydrogens (tertiary/aromatic N) is 3. The molecular weight excluding hydrogens is 460 g/mol. The minimum Gasteiger partial charge on any atom is -0.367 e. The Balaban J connectivity index is 1.40. The molecule has 178 valence electrons. The normalized spacial score (nSPS) is 18.9. The van der Waals surface area contributed by atoms with E-state index in [1.54, 1.807) is 36.4 Å². The molecular formula is C24H31ClN4O3S. The first kappa shape index (κ1) is 24.0. The molecule has 33 heavy (non-hydrogen) atoms. The molecule has 2 fully saturated rings. The second-order valence-corrected chi connectivity index (χ2v) is 10.9. The van der Waals surface area contributed by atoms with Crippen LogP contribution in [0.25, 0.3) is 0 Å². The van der Waals surface area contributed by atoms with Gasteiger partial charge >= 0.3 is 0 Å². The van der Waals surface area contributed by atoms with Crippen LogP contribution in [0.3, 0.4) is 0 Å².